The normalized spacial score (nSPS) is 15.8. The number of pyridine rings is 2. The highest BCUT2D eigenvalue weighted by Gasteiger charge is 2.28. The minimum absolute atomic E-state index is 0.0684. The molecule has 1 fully saturated rings. The molecule has 9 heteroatoms. The van der Waals surface area contributed by atoms with Crippen LogP contribution < -0.4 is 20.3 Å². The fourth-order valence-corrected chi connectivity index (χ4v) is 3.23. The van der Waals surface area contributed by atoms with Crippen molar-refractivity contribution < 1.29 is 8.42 Å². The SMILES string of the molecule is Cn1cc2nccc(N3CC(CCNS(N)(=O)=O)C3)c2cc1=O. The second-order valence-corrected chi connectivity index (χ2v) is 7.23. The van der Waals surface area contributed by atoms with E-state index in [0.29, 0.717) is 12.5 Å². The van der Waals surface area contributed by atoms with Crippen LogP contribution in [0.1, 0.15) is 6.42 Å². The molecule has 3 rings (SSSR count). The van der Waals surface area contributed by atoms with Gasteiger partial charge >= 0.3 is 0 Å². The maximum Gasteiger partial charge on any atom is 0.274 e. The molecule has 1 saturated heterocycles. The van der Waals surface area contributed by atoms with E-state index in [1.54, 1.807) is 25.5 Å². The third kappa shape index (κ3) is 3.52. The van der Waals surface area contributed by atoms with Crippen molar-refractivity contribution in [1.82, 2.24) is 14.3 Å². The Balaban J connectivity index is 1.69. The van der Waals surface area contributed by atoms with Gasteiger partial charge in [-0.15, -0.1) is 0 Å². The highest BCUT2D eigenvalue weighted by molar-refractivity contribution is 7.87. The molecule has 3 N–H and O–H groups in total. The van der Waals surface area contributed by atoms with Crippen LogP contribution >= 0.6 is 0 Å². The average molecular weight is 337 g/mol. The Hall–Kier alpha value is -1.97. The van der Waals surface area contributed by atoms with Crippen molar-refractivity contribution in [3.05, 3.63) is 34.9 Å². The summed E-state index contributed by atoms with van der Waals surface area (Å²) in [6.45, 7) is 1.98. The molecule has 0 atom stereocenters. The van der Waals surface area contributed by atoms with Gasteiger partial charge in [0.2, 0.25) is 0 Å². The minimum Gasteiger partial charge on any atom is -0.370 e. The number of nitrogens with two attached hydrogens (primary N) is 1. The van der Waals surface area contributed by atoms with E-state index in [1.807, 2.05) is 6.07 Å². The van der Waals surface area contributed by atoms with Gasteiger partial charge in [0.05, 0.1) is 5.52 Å². The van der Waals surface area contributed by atoms with Gasteiger partial charge in [0.15, 0.2) is 0 Å². The van der Waals surface area contributed by atoms with Gasteiger partial charge in [0, 0.05) is 56.2 Å². The largest absolute Gasteiger partial charge is 0.370 e. The summed E-state index contributed by atoms with van der Waals surface area (Å²) in [6, 6.07) is 3.51. The molecule has 0 bridgehead atoms. The summed E-state index contributed by atoms with van der Waals surface area (Å²) in [6.07, 6.45) is 4.20. The zero-order valence-corrected chi connectivity index (χ0v) is 13.6. The van der Waals surface area contributed by atoms with Crippen molar-refractivity contribution in [1.29, 1.82) is 0 Å². The molecule has 1 aliphatic rings. The van der Waals surface area contributed by atoms with Crippen LogP contribution in [-0.4, -0.2) is 37.6 Å². The summed E-state index contributed by atoms with van der Waals surface area (Å²) in [5.74, 6) is 0.402. The first kappa shape index (κ1) is 15.9. The topological polar surface area (TPSA) is 110 Å². The van der Waals surface area contributed by atoms with Crippen LogP contribution in [0.25, 0.3) is 10.9 Å². The molecular formula is C14H19N5O3S. The zero-order chi connectivity index (χ0) is 16.6. The number of hydrogen-bond donors (Lipinski definition) is 2. The summed E-state index contributed by atoms with van der Waals surface area (Å²) >= 11 is 0. The van der Waals surface area contributed by atoms with E-state index in [9.17, 15) is 13.2 Å². The Morgan fingerprint density at radius 2 is 2.17 bits per heavy atom. The van der Waals surface area contributed by atoms with E-state index >= 15 is 0 Å². The first-order valence-corrected chi connectivity index (χ1v) is 8.86. The summed E-state index contributed by atoms with van der Waals surface area (Å²) in [7, 11) is -1.91. The second-order valence-electron chi connectivity index (χ2n) is 5.85. The number of anilines is 1. The van der Waals surface area contributed by atoms with Gasteiger partial charge in [-0.1, -0.05) is 0 Å². The molecule has 23 heavy (non-hydrogen) atoms. The number of fused-ring (bicyclic) bond motifs is 1. The van der Waals surface area contributed by atoms with Crippen LogP contribution in [-0.2, 0) is 17.3 Å². The molecule has 0 saturated carbocycles. The summed E-state index contributed by atoms with van der Waals surface area (Å²) in [5, 5.41) is 5.74. The van der Waals surface area contributed by atoms with E-state index in [2.05, 4.69) is 14.6 Å². The van der Waals surface area contributed by atoms with Crippen LogP contribution in [0.2, 0.25) is 0 Å². The van der Waals surface area contributed by atoms with E-state index < -0.39 is 10.2 Å². The molecule has 1 aliphatic heterocycles. The lowest BCUT2D eigenvalue weighted by Crippen LogP contribution is -2.48. The molecular weight excluding hydrogens is 318 g/mol. The van der Waals surface area contributed by atoms with Gasteiger partial charge in [-0.05, 0) is 18.4 Å². The quantitative estimate of drug-likeness (QED) is 0.768. The third-order valence-corrected chi connectivity index (χ3v) is 4.69. The molecule has 3 heterocycles. The highest BCUT2D eigenvalue weighted by atomic mass is 32.2. The number of rotatable bonds is 5. The molecule has 124 valence electrons. The first-order valence-electron chi connectivity index (χ1n) is 7.31. The lowest BCUT2D eigenvalue weighted by Gasteiger charge is -2.41. The minimum atomic E-state index is -3.62. The van der Waals surface area contributed by atoms with Crippen LogP contribution in [0.3, 0.4) is 0 Å². The van der Waals surface area contributed by atoms with Crippen molar-refractivity contribution in [3.63, 3.8) is 0 Å². The van der Waals surface area contributed by atoms with Crippen molar-refractivity contribution in [2.75, 3.05) is 24.5 Å². The monoisotopic (exact) mass is 337 g/mol. The predicted molar refractivity (Wildman–Crippen MR) is 88.4 cm³/mol. The molecule has 8 nitrogen and oxygen atoms in total. The fourth-order valence-electron chi connectivity index (χ4n) is 2.83. The van der Waals surface area contributed by atoms with Crippen molar-refractivity contribution in [2.45, 2.75) is 6.42 Å². The number of aryl methyl sites for hydroxylation is 1. The number of hydrogen-bond acceptors (Lipinski definition) is 5. The van der Waals surface area contributed by atoms with Gasteiger partial charge in [-0.3, -0.25) is 9.78 Å². The van der Waals surface area contributed by atoms with Crippen LogP contribution in [0.15, 0.2) is 29.3 Å². The summed E-state index contributed by atoms with van der Waals surface area (Å²) in [5.41, 5.74) is 1.70. The Morgan fingerprint density at radius 3 is 2.87 bits per heavy atom. The highest BCUT2D eigenvalue weighted by Crippen LogP contribution is 2.31. The van der Waals surface area contributed by atoms with E-state index in [-0.39, 0.29) is 5.56 Å². The lowest BCUT2D eigenvalue weighted by molar-refractivity contribution is 0.385. The Bertz CT molecular complexity index is 887. The lowest BCUT2D eigenvalue weighted by atomic mass is 9.95. The molecule has 0 amide bonds. The van der Waals surface area contributed by atoms with Gasteiger partial charge in [0.1, 0.15) is 0 Å². The zero-order valence-electron chi connectivity index (χ0n) is 12.8. The van der Waals surface area contributed by atoms with Gasteiger partial charge < -0.3 is 9.47 Å². The number of nitrogens with one attached hydrogen (secondary N) is 1. The summed E-state index contributed by atoms with van der Waals surface area (Å²) in [4.78, 5) is 18.3. The van der Waals surface area contributed by atoms with Crippen LogP contribution in [0.4, 0.5) is 5.69 Å². The maximum absolute atomic E-state index is 11.9. The van der Waals surface area contributed by atoms with Crippen LogP contribution in [0.5, 0.6) is 0 Å². The van der Waals surface area contributed by atoms with Crippen molar-refractivity contribution >= 4 is 26.8 Å². The Labute approximate surface area is 134 Å². The van der Waals surface area contributed by atoms with Crippen molar-refractivity contribution in [2.24, 2.45) is 18.1 Å². The first-order chi connectivity index (χ1) is 10.8. The van der Waals surface area contributed by atoms with Gasteiger partial charge in [0.25, 0.3) is 15.8 Å². The number of nitrogens with zero attached hydrogens (tertiary/aromatic N) is 3. The van der Waals surface area contributed by atoms with E-state index in [4.69, 9.17) is 5.14 Å². The van der Waals surface area contributed by atoms with Crippen molar-refractivity contribution in [3.8, 4) is 0 Å². The van der Waals surface area contributed by atoms with E-state index in [0.717, 1.165) is 36.1 Å². The molecule has 2 aromatic heterocycles. The standard InChI is InChI=1S/C14H19N5O3S/c1-18-9-12-11(6-14(18)20)13(3-4-16-12)19-7-10(8-19)2-5-17-23(15,21)22/h3-4,6,9-10,17H,2,5,7-8H2,1H3,(H2,15,21,22). The number of aromatic nitrogens is 2. The molecule has 0 aliphatic carbocycles. The smallest absolute Gasteiger partial charge is 0.274 e. The third-order valence-electron chi connectivity index (χ3n) is 4.08. The predicted octanol–water partition coefficient (Wildman–Crippen LogP) is -0.447. The summed E-state index contributed by atoms with van der Waals surface area (Å²) < 4.78 is 25.5. The van der Waals surface area contributed by atoms with E-state index in [1.165, 1.54) is 4.57 Å². The molecule has 2 aromatic rings. The van der Waals surface area contributed by atoms with Gasteiger partial charge in [-0.2, -0.15) is 8.42 Å². The second kappa shape index (κ2) is 5.91. The fraction of sp³-hybridized carbons (Fsp3) is 0.429. The molecule has 0 unspecified atom stereocenters. The Kier molecular flexibility index (Phi) is 4.09. The van der Waals surface area contributed by atoms with Gasteiger partial charge in [-0.25, -0.2) is 9.86 Å². The maximum atomic E-state index is 11.9. The molecule has 0 spiro atoms. The Morgan fingerprint density at radius 1 is 1.43 bits per heavy atom. The molecule has 0 aromatic carbocycles. The van der Waals surface area contributed by atoms with Crippen LogP contribution in [0, 0.1) is 5.92 Å². The average Bonchev–Trinajstić information content (AvgIpc) is 2.41. The molecule has 0 radical (unpaired) electrons.